The molecule has 0 N–H and O–H groups in total. The van der Waals surface area contributed by atoms with Crippen LogP contribution in [0.3, 0.4) is 0 Å². The average molecular weight is 232 g/mol. The fourth-order valence-corrected chi connectivity index (χ4v) is 2.24. The fourth-order valence-electron chi connectivity index (χ4n) is 2.24. The van der Waals surface area contributed by atoms with Crippen LogP contribution in [0.5, 0.6) is 0 Å². The van der Waals surface area contributed by atoms with Gasteiger partial charge in [-0.15, -0.1) is 0 Å². The van der Waals surface area contributed by atoms with E-state index in [1.807, 2.05) is 6.92 Å². The maximum absolute atomic E-state index is 13.5. The molecule has 0 aromatic carbocycles. The molecule has 2 atom stereocenters. The Morgan fingerprint density at radius 1 is 1.19 bits per heavy atom. The van der Waals surface area contributed by atoms with E-state index in [0.717, 1.165) is 6.42 Å². The van der Waals surface area contributed by atoms with Gasteiger partial charge in [-0.1, -0.05) is 46.5 Å². The molecule has 0 aromatic heterocycles. The third kappa shape index (κ3) is 7.21. The number of methoxy groups -OCH3 is 1. The van der Waals surface area contributed by atoms with E-state index in [2.05, 4.69) is 13.8 Å². The van der Waals surface area contributed by atoms with E-state index >= 15 is 0 Å². The molecule has 2 heteroatoms. The van der Waals surface area contributed by atoms with Crippen LogP contribution in [0.4, 0.5) is 4.39 Å². The molecule has 0 bridgehead atoms. The fraction of sp³-hybridized carbons (Fsp3) is 1.00. The van der Waals surface area contributed by atoms with Crippen molar-refractivity contribution in [1.29, 1.82) is 0 Å². The molecule has 0 saturated heterocycles. The summed E-state index contributed by atoms with van der Waals surface area (Å²) in [6, 6.07) is 0. The van der Waals surface area contributed by atoms with E-state index in [9.17, 15) is 4.39 Å². The molecule has 0 aliphatic rings. The topological polar surface area (TPSA) is 9.23 Å². The summed E-state index contributed by atoms with van der Waals surface area (Å²) < 4.78 is 18.7. The van der Waals surface area contributed by atoms with E-state index in [4.69, 9.17) is 4.74 Å². The number of hydrogen-bond donors (Lipinski definition) is 0. The summed E-state index contributed by atoms with van der Waals surface area (Å²) in [5.74, 6) is 0. The molecule has 0 saturated carbocycles. The Morgan fingerprint density at radius 3 is 2.38 bits per heavy atom. The molecule has 0 radical (unpaired) electrons. The molecular weight excluding hydrogens is 203 g/mol. The Hall–Kier alpha value is -0.110. The van der Waals surface area contributed by atoms with Gasteiger partial charge in [-0.05, 0) is 24.7 Å². The highest BCUT2D eigenvalue weighted by atomic mass is 19.1. The lowest BCUT2D eigenvalue weighted by atomic mass is 9.80. The van der Waals surface area contributed by atoms with Crippen LogP contribution in [0.15, 0.2) is 0 Å². The van der Waals surface area contributed by atoms with Gasteiger partial charge in [-0.2, -0.15) is 0 Å². The third-order valence-corrected chi connectivity index (χ3v) is 3.28. The highest BCUT2D eigenvalue weighted by molar-refractivity contribution is 4.77. The van der Waals surface area contributed by atoms with Gasteiger partial charge in [0.05, 0.1) is 6.61 Å². The van der Waals surface area contributed by atoms with Crippen LogP contribution < -0.4 is 0 Å². The zero-order chi connectivity index (χ0) is 12.4. The second kappa shape index (κ2) is 8.98. The van der Waals surface area contributed by atoms with Gasteiger partial charge in [0, 0.05) is 7.11 Å². The van der Waals surface area contributed by atoms with Crippen molar-refractivity contribution in [2.45, 2.75) is 71.9 Å². The van der Waals surface area contributed by atoms with Crippen LogP contribution in [-0.2, 0) is 4.74 Å². The van der Waals surface area contributed by atoms with Gasteiger partial charge >= 0.3 is 0 Å². The Kier molecular flexibility index (Phi) is 8.91. The highest BCUT2D eigenvalue weighted by Crippen LogP contribution is 2.32. The minimum atomic E-state index is -0.675. The highest BCUT2D eigenvalue weighted by Gasteiger charge is 2.27. The first-order valence-corrected chi connectivity index (χ1v) is 6.71. The molecule has 16 heavy (non-hydrogen) atoms. The van der Waals surface area contributed by atoms with E-state index < -0.39 is 6.17 Å². The maximum atomic E-state index is 13.5. The first-order chi connectivity index (χ1) is 7.58. The first-order valence-electron chi connectivity index (χ1n) is 6.71. The molecular formula is C14H29FO. The monoisotopic (exact) mass is 232 g/mol. The molecule has 0 heterocycles. The van der Waals surface area contributed by atoms with Crippen molar-refractivity contribution in [3.63, 3.8) is 0 Å². The summed E-state index contributed by atoms with van der Waals surface area (Å²) in [6.45, 7) is 6.96. The summed E-state index contributed by atoms with van der Waals surface area (Å²) >= 11 is 0. The van der Waals surface area contributed by atoms with Crippen molar-refractivity contribution in [3.8, 4) is 0 Å². The van der Waals surface area contributed by atoms with Crippen molar-refractivity contribution in [3.05, 3.63) is 0 Å². The van der Waals surface area contributed by atoms with Crippen molar-refractivity contribution < 1.29 is 9.13 Å². The Balaban J connectivity index is 4.00. The molecule has 98 valence electrons. The van der Waals surface area contributed by atoms with Gasteiger partial charge in [0.15, 0.2) is 0 Å². The van der Waals surface area contributed by atoms with Gasteiger partial charge < -0.3 is 4.74 Å². The first kappa shape index (κ1) is 15.9. The molecule has 0 amide bonds. The average Bonchev–Trinajstić information content (AvgIpc) is 2.24. The summed E-state index contributed by atoms with van der Waals surface area (Å²) in [7, 11) is 1.71. The molecule has 0 aliphatic heterocycles. The van der Waals surface area contributed by atoms with E-state index in [0.29, 0.717) is 19.4 Å². The van der Waals surface area contributed by atoms with Crippen LogP contribution in [-0.4, -0.2) is 19.9 Å². The van der Waals surface area contributed by atoms with Crippen molar-refractivity contribution >= 4 is 0 Å². The normalized spacial score (nSPS) is 17.1. The molecule has 1 nitrogen and oxygen atoms in total. The number of alkyl halides is 1. The van der Waals surface area contributed by atoms with Gasteiger partial charge in [0.1, 0.15) is 6.17 Å². The zero-order valence-electron chi connectivity index (χ0n) is 11.5. The maximum Gasteiger partial charge on any atom is 0.100 e. The standard InChI is InChI=1S/C14H29FO/c1-5-7-8-9-10-14(3,12-16-4)11-13(15)6-2/h13H,5-12H2,1-4H3. The van der Waals surface area contributed by atoms with Crippen LogP contribution in [0.2, 0.25) is 0 Å². The largest absolute Gasteiger partial charge is 0.384 e. The SMILES string of the molecule is CCCCCCC(C)(COC)CC(F)CC. The third-order valence-electron chi connectivity index (χ3n) is 3.28. The predicted octanol–water partition coefficient (Wildman–Crippen LogP) is 4.75. The molecule has 0 spiro atoms. The Labute approximate surface area is 101 Å². The van der Waals surface area contributed by atoms with Crippen LogP contribution in [0.1, 0.15) is 65.7 Å². The van der Waals surface area contributed by atoms with Crippen molar-refractivity contribution in [1.82, 2.24) is 0 Å². The summed E-state index contributed by atoms with van der Waals surface area (Å²) in [5.41, 5.74) is 0.0257. The smallest absolute Gasteiger partial charge is 0.100 e. The van der Waals surface area contributed by atoms with Gasteiger partial charge in [-0.3, -0.25) is 0 Å². The van der Waals surface area contributed by atoms with Gasteiger partial charge in [0.2, 0.25) is 0 Å². The minimum Gasteiger partial charge on any atom is -0.384 e. The van der Waals surface area contributed by atoms with Crippen molar-refractivity contribution in [2.24, 2.45) is 5.41 Å². The lowest BCUT2D eigenvalue weighted by Gasteiger charge is -2.30. The number of hydrogen-bond acceptors (Lipinski definition) is 1. The minimum absolute atomic E-state index is 0.0257. The van der Waals surface area contributed by atoms with E-state index in [1.165, 1.54) is 25.7 Å². The summed E-state index contributed by atoms with van der Waals surface area (Å²) in [4.78, 5) is 0. The number of rotatable bonds is 10. The zero-order valence-corrected chi connectivity index (χ0v) is 11.5. The molecule has 0 aliphatic carbocycles. The Bertz CT molecular complexity index is 161. The number of unbranched alkanes of at least 4 members (excludes halogenated alkanes) is 3. The lowest BCUT2D eigenvalue weighted by Crippen LogP contribution is -2.26. The second-order valence-electron chi connectivity index (χ2n) is 5.26. The van der Waals surface area contributed by atoms with Gasteiger partial charge in [-0.25, -0.2) is 4.39 Å². The molecule has 2 unspecified atom stereocenters. The van der Waals surface area contributed by atoms with Crippen LogP contribution in [0, 0.1) is 5.41 Å². The van der Waals surface area contributed by atoms with Crippen LogP contribution >= 0.6 is 0 Å². The van der Waals surface area contributed by atoms with E-state index in [1.54, 1.807) is 7.11 Å². The number of ether oxygens (including phenoxy) is 1. The number of halogens is 1. The second-order valence-corrected chi connectivity index (χ2v) is 5.26. The lowest BCUT2D eigenvalue weighted by molar-refractivity contribution is 0.0550. The molecule has 0 fully saturated rings. The summed E-state index contributed by atoms with van der Waals surface area (Å²) in [6.07, 6.45) is 6.67. The van der Waals surface area contributed by atoms with Gasteiger partial charge in [0.25, 0.3) is 0 Å². The Morgan fingerprint density at radius 2 is 1.88 bits per heavy atom. The predicted molar refractivity (Wildman–Crippen MR) is 68.5 cm³/mol. The summed E-state index contributed by atoms with van der Waals surface area (Å²) in [5, 5.41) is 0. The quantitative estimate of drug-likeness (QED) is 0.494. The molecule has 0 rings (SSSR count). The van der Waals surface area contributed by atoms with Crippen molar-refractivity contribution in [2.75, 3.05) is 13.7 Å². The molecule has 0 aromatic rings. The van der Waals surface area contributed by atoms with E-state index in [-0.39, 0.29) is 5.41 Å². The van der Waals surface area contributed by atoms with Crippen LogP contribution in [0.25, 0.3) is 0 Å².